The average molecular weight is 278 g/mol. The Hall–Kier alpha value is -1.26. The van der Waals surface area contributed by atoms with Crippen LogP contribution < -0.4 is 10.1 Å². The zero-order chi connectivity index (χ0) is 14.5. The summed E-state index contributed by atoms with van der Waals surface area (Å²) in [7, 11) is 1.66. The Morgan fingerprint density at radius 2 is 2.15 bits per heavy atom. The number of rotatable bonds is 5. The highest BCUT2D eigenvalue weighted by molar-refractivity contribution is 5.39. The molecule has 0 bridgehead atoms. The predicted octanol–water partition coefficient (Wildman–Crippen LogP) is 2.36. The van der Waals surface area contributed by atoms with Crippen LogP contribution in [-0.2, 0) is 6.54 Å². The Labute approximate surface area is 121 Å². The third kappa shape index (κ3) is 3.44. The van der Waals surface area contributed by atoms with Gasteiger partial charge in [-0.2, -0.15) is 0 Å². The Morgan fingerprint density at radius 1 is 1.35 bits per heavy atom. The van der Waals surface area contributed by atoms with Crippen LogP contribution in [-0.4, -0.2) is 42.3 Å². The molecule has 4 nitrogen and oxygen atoms in total. The number of benzene rings is 1. The summed E-state index contributed by atoms with van der Waals surface area (Å²) >= 11 is 0. The standard InChI is InChI=1S/C16H26N2O2/c1-4-13-11-18(14(5-2)9-17-13)10-12-8-15(20-3)6-7-16(12)19/h6-8,13-14,17,19H,4-5,9-11H2,1-3H3. The second kappa shape index (κ2) is 6.95. The molecule has 112 valence electrons. The zero-order valence-electron chi connectivity index (χ0n) is 12.7. The van der Waals surface area contributed by atoms with Crippen LogP contribution in [0.25, 0.3) is 0 Å². The number of hydrogen-bond donors (Lipinski definition) is 2. The summed E-state index contributed by atoms with van der Waals surface area (Å²) < 4.78 is 5.25. The monoisotopic (exact) mass is 278 g/mol. The molecule has 1 aliphatic heterocycles. The SMILES string of the molecule is CCC1CN(Cc2cc(OC)ccc2O)C(CC)CN1. The molecule has 2 N–H and O–H groups in total. The number of nitrogens with zero attached hydrogens (tertiary/aromatic N) is 1. The highest BCUT2D eigenvalue weighted by Crippen LogP contribution is 2.26. The van der Waals surface area contributed by atoms with Crippen molar-refractivity contribution in [2.75, 3.05) is 20.2 Å². The van der Waals surface area contributed by atoms with Gasteiger partial charge in [-0.3, -0.25) is 4.90 Å². The lowest BCUT2D eigenvalue weighted by Gasteiger charge is -2.40. The molecule has 20 heavy (non-hydrogen) atoms. The van der Waals surface area contributed by atoms with Gasteiger partial charge in [0.15, 0.2) is 0 Å². The second-order valence-electron chi connectivity index (χ2n) is 5.50. The third-order valence-electron chi connectivity index (χ3n) is 4.24. The van der Waals surface area contributed by atoms with Gasteiger partial charge in [0, 0.05) is 37.3 Å². The summed E-state index contributed by atoms with van der Waals surface area (Å²) in [6.45, 7) is 7.27. The molecule has 1 aliphatic rings. The fourth-order valence-corrected chi connectivity index (χ4v) is 2.83. The maximum Gasteiger partial charge on any atom is 0.120 e. The normalized spacial score (nSPS) is 23.8. The third-order valence-corrected chi connectivity index (χ3v) is 4.24. The van der Waals surface area contributed by atoms with Gasteiger partial charge in [0.25, 0.3) is 0 Å². The molecule has 1 aromatic carbocycles. The Bertz CT molecular complexity index is 436. The molecule has 2 unspecified atom stereocenters. The van der Waals surface area contributed by atoms with Gasteiger partial charge in [0.1, 0.15) is 11.5 Å². The van der Waals surface area contributed by atoms with E-state index >= 15 is 0 Å². The van der Waals surface area contributed by atoms with E-state index in [2.05, 4.69) is 24.1 Å². The van der Waals surface area contributed by atoms with E-state index in [1.807, 2.05) is 6.07 Å². The molecule has 0 aliphatic carbocycles. The van der Waals surface area contributed by atoms with Gasteiger partial charge < -0.3 is 15.2 Å². The van der Waals surface area contributed by atoms with Crippen molar-refractivity contribution in [2.24, 2.45) is 0 Å². The molecular weight excluding hydrogens is 252 g/mol. The van der Waals surface area contributed by atoms with Crippen LogP contribution in [0.4, 0.5) is 0 Å². The molecule has 2 rings (SSSR count). The van der Waals surface area contributed by atoms with Gasteiger partial charge in [0.05, 0.1) is 7.11 Å². The van der Waals surface area contributed by atoms with Crippen molar-refractivity contribution in [1.82, 2.24) is 10.2 Å². The van der Waals surface area contributed by atoms with E-state index in [-0.39, 0.29) is 0 Å². The lowest BCUT2D eigenvalue weighted by molar-refractivity contribution is 0.116. The first-order valence-corrected chi connectivity index (χ1v) is 7.51. The molecule has 0 amide bonds. The van der Waals surface area contributed by atoms with Crippen LogP contribution in [0.15, 0.2) is 18.2 Å². The van der Waals surface area contributed by atoms with Crippen molar-refractivity contribution in [3.8, 4) is 11.5 Å². The van der Waals surface area contributed by atoms with Crippen molar-refractivity contribution in [3.63, 3.8) is 0 Å². The molecule has 0 radical (unpaired) electrons. The lowest BCUT2D eigenvalue weighted by Crippen LogP contribution is -2.55. The lowest BCUT2D eigenvalue weighted by atomic mass is 10.0. The Balaban J connectivity index is 2.13. The molecule has 0 spiro atoms. The highest BCUT2D eigenvalue weighted by atomic mass is 16.5. The van der Waals surface area contributed by atoms with Crippen molar-refractivity contribution < 1.29 is 9.84 Å². The fourth-order valence-electron chi connectivity index (χ4n) is 2.83. The summed E-state index contributed by atoms with van der Waals surface area (Å²) in [6.07, 6.45) is 2.26. The first-order chi connectivity index (χ1) is 9.67. The molecule has 1 saturated heterocycles. The van der Waals surface area contributed by atoms with Crippen molar-refractivity contribution in [1.29, 1.82) is 0 Å². The minimum absolute atomic E-state index is 0.354. The number of phenolic OH excluding ortho intramolecular Hbond substituents is 1. The van der Waals surface area contributed by atoms with E-state index in [1.165, 1.54) is 0 Å². The van der Waals surface area contributed by atoms with Gasteiger partial charge in [-0.15, -0.1) is 0 Å². The van der Waals surface area contributed by atoms with E-state index in [4.69, 9.17) is 4.74 Å². The molecule has 4 heteroatoms. The second-order valence-corrected chi connectivity index (χ2v) is 5.50. The van der Waals surface area contributed by atoms with Crippen molar-refractivity contribution in [3.05, 3.63) is 23.8 Å². The quantitative estimate of drug-likeness (QED) is 0.868. The van der Waals surface area contributed by atoms with Crippen LogP contribution >= 0.6 is 0 Å². The number of nitrogens with one attached hydrogen (secondary N) is 1. The van der Waals surface area contributed by atoms with E-state index in [0.29, 0.717) is 17.8 Å². The van der Waals surface area contributed by atoms with E-state index < -0.39 is 0 Å². The molecule has 1 heterocycles. The van der Waals surface area contributed by atoms with E-state index in [0.717, 1.165) is 43.8 Å². The largest absolute Gasteiger partial charge is 0.508 e. The molecule has 1 fully saturated rings. The predicted molar refractivity (Wildman–Crippen MR) is 81.2 cm³/mol. The minimum atomic E-state index is 0.354. The van der Waals surface area contributed by atoms with Crippen LogP contribution in [0.2, 0.25) is 0 Å². The summed E-state index contributed by atoms with van der Waals surface area (Å²) in [5.41, 5.74) is 0.944. The Kier molecular flexibility index (Phi) is 5.26. The molecule has 0 saturated carbocycles. The molecular formula is C16H26N2O2. The summed E-state index contributed by atoms with van der Waals surface area (Å²) in [5, 5.41) is 13.6. The van der Waals surface area contributed by atoms with Crippen LogP contribution in [0.3, 0.4) is 0 Å². The van der Waals surface area contributed by atoms with Crippen LogP contribution in [0, 0.1) is 0 Å². The smallest absolute Gasteiger partial charge is 0.120 e. The number of piperazine rings is 1. The zero-order valence-corrected chi connectivity index (χ0v) is 12.7. The number of methoxy groups -OCH3 is 1. The Morgan fingerprint density at radius 3 is 2.80 bits per heavy atom. The van der Waals surface area contributed by atoms with E-state index in [9.17, 15) is 5.11 Å². The van der Waals surface area contributed by atoms with Crippen molar-refractivity contribution >= 4 is 0 Å². The number of aromatic hydroxyl groups is 1. The topological polar surface area (TPSA) is 44.7 Å². The first kappa shape index (κ1) is 15.1. The van der Waals surface area contributed by atoms with E-state index in [1.54, 1.807) is 19.2 Å². The maximum absolute atomic E-state index is 10.0. The molecule has 1 aromatic rings. The molecule has 2 atom stereocenters. The fraction of sp³-hybridized carbons (Fsp3) is 0.625. The van der Waals surface area contributed by atoms with Crippen LogP contribution in [0.5, 0.6) is 11.5 Å². The maximum atomic E-state index is 10.0. The molecule has 0 aromatic heterocycles. The number of phenols is 1. The summed E-state index contributed by atoms with van der Waals surface area (Å²) in [6, 6.07) is 6.52. The minimum Gasteiger partial charge on any atom is -0.508 e. The highest BCUT2D eigenvalue weighted by Gasteiger charge is 2.26. The number of ether oxygens (including phenoxy) is 1. The summed E-state index contributed by atoms with van der Waals surface area (Å²) in [4.78, 5) is 2.47. The van der Waals surface area contributed by atoms with Gasteiger partial charge in [-0.05, 0) is 31.0 Å². The average Bonchev–Trinajstić information content (AvgIpc) is 2.49. The van der Waals surface area contributed by atoms with Crippen LogP contribution in [0.1, 0.15) is 32.3 Å². The van der Waals surface area contributed by atoms with Crippen molar-refractivity contribution in [2.45, 2.75) is 45.3 Å². The summed E-state index contributed by atoms with van der Waals surface area (Å²) in [5.74, 6) is 1.15. The van der Waals surface area contributed by atoms with Gasteiger partial charge in [0.2, 0.25) is 0 Å². The van der Waals surface area contributed by atoms with Gasteiger partial charge in [-0.25, -0.2) is 0 Å². The first-order valence-electron chi connectivity index (χ1n) is 7.51. The number of hydrogen-bond acceptors (Lipinski definition) is 4. The van der Waals surface area contributed by atoms with Gasteiger partial charge >= 0.3 is 0 Å². The van der Waals surface area contributed by atoms with Gasteiger partial charge in [-0.1, -0.05) is 13.8 Å².